The van der Waals surface area contributed by atoms with E-state index in [-0.39, 0.29) is 0 Å². The van der Waals surface area contributed by atoms with Crippen LogP contribution in [0.15, 0.2) is 6.20 Å². The van der Waals surface area contributed by atoms with E-state index >= 15 is 0 Å². The van der Waals surface area contributed by atoms with Gasteiger partial charge in [0, 0.05) is 18.2 Å². The molecular formula is C9H13N2. The van der Waals surface area contributed by atoms with Gasteiger partial charge >= 0.3 is 0 Å². The van der Waals surface area contributed by atoms with Gasteiger partial charge in [0.05, 0.1) is 5.69 Å². The van der Waals surface area contributed by atoms with Crippen molar-refractivity contribution in [3.05, 3.63) is 18.0 Å². The first kappa shape index (κ1) is 6.89. The highest BCUT2D eigenvalue weighted by atomic mass is 15.1. The van der Waals surface area contributed by atoms with Gasteiger partial charge < -0.3 is 0 Å². The Labute approximate surface area is 67.0 Å². The van der Waals surface area contributed by atoms with Crippen LogP contribution in [-0.2, 0) is 0 Å². The molecule has 1 aliphatic rings. The molecular weight excluding hydrogens is 136 g/mol. The number of nitrogens with one attached hydrogen (secondary N) is 1. The summed E-state index contributed by atoms with van der Waals surface area (Å²) in [5, 5.41) is 6.98. The summed E-state index contributed by atoms with van der Waals surface area (Å²) in [4.78, 5) is 0. The molecule has 0 bridgehead atoms. The average molecular weight is 149 g/mol. The van der Waals surface area contributed by atoms with Gasteiger partial charge in [-0.1, -0.05) is 19.3 Å². The summed E-state index contributed by atoms with van der Waals surface area (Å²) in [6, 6.07) is 3.14. The zero-order chi connectivity index (χ0) is 7.52. The third-order valence-electron chi connectivity index (χ3n) is 2.46. The Kier molecular flexibility index (Phi) is 1.93. The smallest absolute Gasteiger partial charge is 0.0732 e. The molecule has 2 heteroatoms. The van der Waals surface area contributed by atoms with Crippen LogP contribution in [0.2, 0.25) is 0 Å². The molecule has 0 aliphatic heterocycles. The molecule has 1 aromatic rings. The summed E-state index contributed by atoms with van der Waals surface area (Å²) in [6.45, 7) is 0. The molecule has 1 radical (unpaired) electrons. The zero-order valence-corrected chi connectivity index (χ0v) is 6.64. The predicted octanol–water partition coefficient (Wildman–Crippen LogP) is 2.26. The van der Waals surface area contributed by atoms with Crippen molar-refractivity contribution >= 4 is 0 Å². The second-order valence-corrected chi connectivity index (χ2v) is 3.25. The van der Waals surface area contributed by atoms with Crippen molar-refractivity contribution in [3.63, 3.8) is 0 Å². The lowest BCUT2D eigenvalue weighted by molar-refractivity contribution is 0.436. The molecule has 1 heterocycles. The van der Waals surface area contributed by atoms with Gasteiger partial charge in [0.1, 0.15) is 0 Å². The van der Waals surface area contributed by atoms with Crippen molar-refractivity contribution in [2.75, 3.05) is 0 Å². The SMILES string of the molecule is [c]1c[nH]nc1C1CCCCC1. The third kappa shape index (κ3) is 1.44. The molecule has 1 aliphatic carbocycles. The van der Waals surface area contributed by atoms with Gasteiger partial charge in [0.25, 0.3) is 0 Å². The fraction of sp³-hybridized carbons (Fsp3) is 0.667. The summed E-state index contributed by atoms with van der Waals surface area (Å²) >= 11 is 0. The minimum Gasteiger partial charge on any atom is -0.285 e. The lowest BCUT2D eigenvalue weighted by Crippen LogP contribution is -2.04. The van der Waals surface area contributed by atoms with Gasteiger partial charge in [0.2, 0.25) is 0 Å². The van der Waals surface area contributed by atoms with Crippen LogP contribution in [0.25, 0.3) is 0 Å². The van der Waals surface area contributed by atoms with Crippen LogP contribution in [0.1, 0.15) is 43.7 Å². The maximum absolute atomic E-state index is 4.16. The summed E-state index contributed by atoms with van der Waals surface area (Å²) in [7, 11) is 0. The number of hydrogen-bond acceptors (Lipinski definition) is 1. The molecule has 0 atom stereocenters. The Bertz CT molecular complexity index is 197. The van der Waals surface area contributed by atoms with E-state index < -0.39 is 0 Å². The van der Waals surface area contributed by atoms with E-state index in [4.69, 9.17) is 0 Å². The summed E-state index contributed by atoms with van der Waals surface area (Å²) in [5.41, 5.74) is 1.14. The molecule has 1 fully saturated rings. The average Bonchev–Trinajstić information content (AvgIpc) is 2.58. The first-order chi connectivity index (χ1) is 5.47. The minimum absolute atomic E-state index is 0.690. The van der Waals surface area contributed by atoms with Gasteiger partial charge in [-0.2, -0.15) is 5.10 Å². The van der Waals surface area contributed by atoms with Crippen LogP contribution >= 0.6 is 0 Å². The normalized spacial score (nSPS) is 20.4. The van der Waals surface area contributed by atoms with Crippen LogP contribution in [0.3, 0.4) is 0 Å². The van der Waals surface area contributed by atoms with Gasteiger partial charge in [-0.25, -0.2) is 0 Å². The van der Waals surface area contributed by atoms with Gasteiger partial charge in [-0.05, 0) is 12.8 Å². The van der Waals surface area contributed by atoms with Crippen molar-refractivity contribution in [2.24, 2.45) is 0 Å². The lowest BCUT2D eigenvalue weighted by Gasteiger charge is -2.18. The molecule has 11 heavy (non-hydrogen) atoms. The fourth-order valence-electron chi connectivity index (χ4n) is 1.83. The Morgan fingerprint density at radius 1 is 1.36 bits per heavy atom. The monoisotopic (exact) mass is 149 g/mol. The van der Waals surface area contributed by atoms with Crippen molar-refractivity contribution in [1.82, 2.24) is 10.2 Å². The van der Waals surface area contributed by atoms with E-state index in [0.717, 1.165) is 5.69 Å². The molecule has 1 N–H and O–H groups in total. The molecule has 0 saturated heterocycles. The fourth-order valence-corrected chi connectivity index (χ4v) is 1.83. The molecule has 1 aromatic heterocycles. The Hall–Kier alpha value is -0.790. The minimum atomic E-state index is 0.690. The highest BCUT2D eigenvalue weighted by Gasteiger charge is 2.16. The number of H-pyrrole nitrogens is 1. The van der Waals surface area contributed by atoms with E-state index in [0.29, 0.717) is 5.92 Å². The largest absolute Gasteiger partial charge is 0.285 e. The van der Waals surface area contributed by atoms with E-state index in [9.17, 15) is 0 Å². The standard InChI is InChI=1S/C9H13N2/c1-2-4-8(5-3-1)9-6-7-10-11-9/h7-8H,1-5H2,(H,10,11). The second-order valence-electron chi connectivity index (χ2n) is 3.25. The Morgan fingerprint density at radius 2 is 2.18 bits per heavy atom. The van der Waals surface area contributed by atoms with Crippen molar-refractivity contribution in [2.45, 2.75) is 38.0 Å². The molecule has 2 rings (SSSR count). The maximum Gasteiger partial charge on any atom is 0.0732 e. The van der Waals surface area contributed by atoms with Crippen LogP contribution in [0, 0.1) is 6.07 Å². The van der Waals surface area contributed by atoms with Crippen molar-refractivity contribution in [1.29, 1.82) is 0 Å². The quantitative estimate of drug-likeness (QED) is 0.651. The van der Waals surface area contributed by atoms with Crippen LogP contribution < -0.4 is 0 Å². The maximum atomic E-state index is 4.16. The number of rotatable bonds is 1. The molecule has 0 aromatic carbocycles. The van der Waals surface area contributed by atoms with Crippen LogP contribution in [0.5, 0.6) is 0 Å². The number of aromatic amines is 1. The number of hydrogen-bond donors (Lipinski definition) is 1. The highest BCUT2D eigenvalue weighted by molar-refractivity contribution is 5.04. The Morgan fingerprint density at radius 3 is 2.82 bits per heavy atom. The van der Waals surface area contributed by atoms with E-state index in [1.165, 1.54) is 32.1 Å². The third-order valence-corrected chi connectivity index (χ3v) is 2.46. The van der Waals surface area contributed by atoms with Gasteiger partial charge in [0.15, 0.2) is 0 Å². The number of nitrogens with zero attached hydrogens (tertiary/aromatic N) is 1. The topological polar surface area (TPSA) is 28.7 Å². The molecule has 59 valence electrons. The van der Waals surface area contributed by atoms with E-state index in [1.807, 2.05) is 0 Å². The van der Waals surface area contributed by atoms with Crippen molar-refractivity contribution < 1.29 is 0 Å². The first-order valence-corrected chi connectivity index (χ1v) is 4.38. The Balaban J connectivity index is 2.04. The predicted molar refractivity (Wildman–Crippen MR) is 43.2 cm³/mol. The summed E-state index contributed by atoms with van der Waals surface area (Å²) in [5.74, 6) is 0.690. The second kappa shape index (κ2) is 3.07. The summed E-state index contributed by atoms with van der Waals surface area (Å²) in [6.07, 6.45) is 8.55. The lowest BCUT2D eigenvalue weighted by atomic mass is 9.87. The zero-order valence-electron chi connectivity index (χ0n) is 6.64. The van der Waals surface area contributed by atoms with Gasteiger partial charge in [-0.3, -0.25) is 5.10 Å². The van der Waals surface area contributed by atoms with Crippen LogP contribution in [-0.4, -0.2) is 10.2 Å². The van der Waals surface area contributed by atoms with Crippen molar-refractivity contribution in [3.8, 4) is 0 Å². The van der Waals surface area contributed by atoms with E-state index in [1.54, 1.807) is 6.20 Å². The van der Waals surface area contributed by atoms with Gasteiger partial charge in [-0.15, -0.1) is 0 Å². The first-order valence-electron chi connectivity index (χ1n) is 4.38. The molecule has 0 unspecified atom stereocenters. The molecule has 2 nitrogen and oxygen atoms in total. The molecule has 0 amide bonds. The highest BCUT2D eigenvalue weighted by Crippen LogP contribution is 2.30. The van der Waals surface area contributed by atoms with Crippen LogP contribution in [0.4, 0.5) is 0 Å². The molecule has 0 spiro atoms. The number of aromatic nitrogens is 2. The summed E-state index contributed by atoms with van der Waals surface area (Å²) < 4.78 is 0. The molecule has 1 saturated carbocycles. The van der Waals surface area contributed by atoms with E-state index in [2.05, 4.69) is 16.3 Å².